The van der Waals surface area contributed by atoms with Gasteiger partial charge >= 0.3 is 0 Å². The first-order valence-electron chi connectivity index (χ1n) is 8.06. The van der Waals surface area contributed by atoms with E-state index in [-0.39, 0.29) is 5.91 Å². The van der Waals surface area contributed by atoms with Crippen LogP contribution < -0.4 is 5.32 Å². The summed E-state index contributed by atoms with van der Waals surface area (Å²) in [4.78, 5) is 13.1. The van der Waals surface area contributed by atoms with E-state index in [0.717, 1.165) is 29.9 Å². The number of carbonyl (C=O) groups excluding carboxylic acids is 1. The molecule has 0 radical (unpaired) electrons. The van der Waals surface area contributed by atoms with E-state index < -0.39 is 0 Å². The smallest absolute Gasteiger partial charge is 0.262 e. The predicted octanol–water partition coefficient (Wildman–Crippen LogP) is 4.66. The predicted molar refractivity (Wildman–Crippen MR) is 87.0 cm³/mol. The van der Waals surface area contributed by atoms with Crippen LogP contribution in [-0.4, -0.2) is 12.5 Å². The Balaban J connectivity index is 1.45. The monoisotopic (exact) mass is 323 g/mol. The number of rotatable bonds is 3. The van der Waals surface area contributed by atoms with Gasteiger partial charge in [0.05, 0.1) is 5.02 Å². The van der Waals surface area contributed by atoms with Gasteiger partial charge in [0.2, 0.25) is 0 Å². The van der Waals surface area contributed by atoms with Gasteiger partial charge in [0.1, 0.15) is 4.88 Å². The van der Waals surface area contributed by atoms with Crippen LogP contribution in [-0.2, 0) is 0 Å². The highest BCUT2D eigenvalue weighted by Crippen LogP contribution is 2.59. The second kappa shape index (κ2) is 4.99. The average Bonchev–Trinajstić information content (AvgIpc) is 2.75. The lowest BCUT2D eigenvalue weighted by Crippen LogP contribution is -2.51. The minimum atomic E-state index is 0.0221. The Kier molecular flexibility index (Phi) is 3.34. The fraction of sp³-hybridized carbons (Fsp3) is 0.706. The van der Waals surface area contributed by atoms with Crippen LogP contribution in [0.5, 0.6) is 0 Å². The Labute approximate surface area is 135 Å². The molecule has 0 spiro atoms. The van der Waals surface area contributed by atoms with Crippen LogP contribution in [0, 0.1) is 30.1 Å². The van der Waals surface area contributed by atoms with Crippen LogP contribution in [0.15, 0.2) is 5.38 Å². The number of hydrogen-bond acceptors (Lipinski definition) is 2. The zero-order valence-electron chi connectivity index (χ0n) is 12.5. The molecule has 4 aliphatic carbocycles. The fourth-order valence-electron chi connectivity index (χ4n) is 5.44. The first kappa shape index (κ1) is 14.1. The standard InChI is InChI=1S/C17H22ClNOS/c1-10-8-21-15(14(10)18)16(20)19-9-17-5-11-2-12(6-17)4-13(3-11)7-17/h8,11-13H,2-7,9H2,1H3,(H,19,20). The number of thiophene rings is 1. The second-order valence-corrected chi connectivity index (χ2v) is 8.92. The number of hydrogen-bond donors (Lipinski definition) is 1. The fourth-order valence-corrected chi connectivity index (χ4v) is 6.63. The molecule has 1 amide bonds. The van der Waals surface area contributed by atoms with E-state index in [1.54, 1.807) is 0 Å². The number of halogens is 1. The number of carbonyl (C=O) groups is 1. The van der Waals surface area contributed by atoms with E-state index in [0.29, 0.717) is 15.3 Å². The van der Waals surface area contributed by atoms with Gasteiger partial charge in [0.15, 0.2) is 0 Å². The maximum Gasteiger partial charge on any atom is 0.262 e. The molecule has 1 N–H and O–H groups in total. The van der Waals surface area contributed by atoms with Crippen LogP contribution in [0.1, 0.15) is 53.8 Å². The molecule has 2 nitrogen and oxygen atoms in total. The Hall–Kier alpha value is -0.540. The summed E-state index contributed by atoms with van der Waals surface area (Å²) in [6.45, 7) is 2.80. The van der Waals surface area contributed by atoms with E-state index >= 15 is 0 Å². The quantitative estimate of drug-likeness (QED) is 0.861. The number of amides is 1. The topological polar surface area (TPSA) is 29.1 Å². The molecule has 5 rings (SSSR count). The van der Waals surface area contributed by atoms with Gasteiger partial charge in [-0.3, -0.25) is 4.79 Å². The van der Waals surface area contributed by atoms with Crippen molar-refractivity contribution in [3.63, 3.8) is 0 Å². The van der Waals surface area contributed by atoms with Gasteiger partial charge in [-0.15, -0.1) is 11.3 Å². The zero-order valence-corrected chi connectivity index (χ0v) is 14.0. The van der Waals surface area contributed by atoms with Gasteiger partial charge in [-0.05, 0) is 79.6 Å². The molecule has 4 bridgehead atoms. The highest BCUT2D eigenvalue weighted by Gasteiger charge is 2.50. The maximum atomic E-state index is 12.4. The molecular formula is C17H22ClNOS. The lowest BCUT2D eigenvalue weighted by molar-refractivity contribution is -0.0503. The molecule has 0 saturated heterocycles. The third-order valence-corrected chi connectivity index (χ3v) is 7.59. The summed E-state index contributed by atoms with van der Waals surface area (Å²) in [6, 6.07) is 0. The minimum absolute atomic E-state index is 0.0221. The Bertz CT molecular complexity index is 544. The molecule has 114 valence electrons. The van der Waals surface area contributed by atoms with Crippen molar-refractivity contribution in [2.24, 2.45) is 23.2 Å². The lowest BCUT2D eigenvalue weighted by Gasteiger charge is -2.56. The molecule has 0 aromatic carbocycles. The Morgan fingerprint density at radius 1 is 1.29 bits per heavy atom. The summed E-state index contributed by atoms with van der Waals surface area (Å²) in [5.41, 5.74) is 1.39. The summed E-state index contributed by atoms with van der Waals surface area (Å²) in [6.07, 6.45) is 8.33. The Morgan fingerprint density at radius 3 is 2.33 bits per heavy atom. The SMILES string of the molecule is Cc1csc(C(=O)NCC23CC4CC(CC(C4)C2)C3)c1Cl. The molecule has 0 aliphatic heterocycles. The summed E-state index contributed by atoms with van der Waals surface area (Å²) in [7, 11) is 0. The van der Waals surface area contributed by atoms with Crippen molar-refractivity contribution in [2.75, 3.05) is 6.54 Å². The largest absolute Gasteiger partial charge is 0.351 e. The summed E-state index contributed by atoms with van der Waals surface area (Å²) < 4.78 is 0. The molecule has 4 heteroatoms. The van der Waals surface area contributed by atoms with E-state index in [2.05, 4.69) is 5.32 Å². The first-order chi connectivity index (χ1) is 10.0. The van der Waals surface area contributed by atoms with Crippen LogP contribution in [0.3, 0.4) is 0 Å². The molecule has 0 atom stereocenters. The third kappa shape index (κ3) is 2.43. The van der Waals surface area contributed by atoms with Gasteiger partial charge < -0.3 is 5.32 Å². The van der Waals surface area contributed by atoms with Crippen molar-refractivity contribution in [2.45, 2.75) is 45.4 Å². The van der Waals surface area contributed by atoms with Crippen molar-refractivity contribution in [1.29, 1.82) is 0 Å². The summed E-state index contributed by atoms with van der Waals surface area (Å²) in [5.74, 6) is 2.82. The van der Waals surface area contributed by atoms with Crippen LogP contribution in [0.4, 0.5) is 0 Å². The van der Waals surface area contributed by atoms with Gasteiger partial charge in [-0.2, -0.15) is 0 Å². The molecule has 1 aromatic heterocycles. The summed E-state index contributed by atoms with van der Waals surface area (Å²) in [5, 5.41) is 5.79. The van der Waals surface area contributed by atoms with Gasteiger partial charge in [-0.1, -0.05) is 11.6 Å². The maximum absolute atomic E-state index is 12.4. The van der Waals surface area contributed by atoms with Crippen LogP contribution in [0.25, 0.3) is 0 Å². The van der Waals surface area contributed by atoms with E-state index in [1.807, 2.05) is 12.3 Å². The van der Waals surface area contributed by atoms with E-state index in [9.17, 15) is 4.79 Å². The van der Waals surface area contributed by atoms with Crippen molar-refractivity contribution < 1.29 is 4.79 Å². The van der Waals surface area contributed by atoms with Crippen molar-refractivity contribution in [3.8, 4) is 0 Å². The molecule has 4 fully saturated rings. The molecule has 4 aliphatic rings. The van der Waals surface area contributed by atoms with E-state index in [1.165, 1.54) is 49.9 Å². The van der Waals surface area contributed by atoms with Crippen molar-refractivity contribution >= 4 is 28.8 Å². The molecule has 0 unspecified atom stereocenters. The molecular weight excluding hydrogens is 302 g/mol. The molecule has 1 aromatic rings. The van der Waals surface area contributed by atoms with Gasteiger partial charge in [-0.25, -0.2) is 0 Å². The van der Waals surface area contributed by atoms with E-state index in [4.69, 9.17) is 11.6 Å². The number of aryl methyl sites for hydroxylation is 1. The average molecular weight is 324 g/mol. The van der Waals surface area contributed by atoms with Gasteiger partial charge in [0, 0.05) is 6.54 Å². The van der Waals surface area contributed by atoms with Crippen molar-refractivity contribution in [3.05, 3.63) is 20.8 Å². The van der Waals surface area contributed by atoms with Crippen LogP contribution in [0.2, 0.25) is 5.02 Å². The lowest BCUT2D eigenvalue weighted by atomic mass is 9.49. The third-order valence-electron chi connectivity index (χ3n) is 5.89. The molecule has 1 heterocycles. The van der Waals surface area contributed by atoms with Crippen molar-refractivity contribution in [1.82, 2.24) is 5.32 Å². The first-order valence-corrected chi connectivity index (χ1v) is 9.32. The van der Waals surface area contributed by atoms with Crippen LogP contribution >= 0.6 is 22.9 Å². The molecule has 21 heavy (non-hydrogen) atoms. The Morgan fingerprint density at radius 2 is 1.86 bits per heavy atom. The van der Waals surface area contributed by atoms with Gasteiger partial charge in [0.25, 0.3) is 5.91 Å². The minimum Gasteiger partial charge on any atom is -0.351 e. The highest BCUT2D eigenvalue weighted by molar-refractivity contribution is 7.13. The summed E-state index contributed by atoms with van der Waals surface area (Å²) >= 11 is 7.67. The molecule has 4 saturated carbocycles. The highest BCUT2D eigenvalue weighted by atomic mass is 35.5. The normalized spacial score (nSPS) is 37.0. The zero-order chi connectivity index (χ0) is 14.6. The number of nitrogens with one attached hydrogen (secondary N) is 1. The second-order valence-electron chi connectivity index (χ2n) is 7.66.